The molecule has 1 aliphatic carbocycles. The Kier molecular flexibility index (Phi) is 4.30. The number of aromatic nitrogens is 2. The number of aliphatic carboxylic acids is 2. The van der Waals surface area contributed by atoms with E-state index < -0.39 is 23.2 Å². The molecule has 6 nitrogen and oxygen atoms in total. The second kappa shape index (κ2) is 6.67. The lowest BCUT2D eigenvalue weighted by molar-refractivity contribution is -0.137. The first kappa shape index (κ1) is 18.0. The fraction of sp³-hybridized carbons (Fsp3) is 0.238. The number of carbonyl (C=O) groups is 2. The fourth-order valence-electron chi connectivity index (χ4n) is 4.06. The van der Waals surface area contributed by atoms with Crippen molar-refractivity contribution < 1.29 is 24.2 Å². The highest BCUT2D eigenvalue weighted by molar-refractivity contribution is 5.84. The summed E-state index contributed by atoms with van der Waals surface area (Å²) < 4.78 is 13.7. The van der Waals surface area contributed by atoms with Crippen LogP contribution in [0.2, 0.25) is 0 Å². The highest BCUT2D eigenvalue weighted by Gasteiger charge is 2.45. The summed E-state index contributed by atoms with van der Waals surface area (Å²) in [4.78, 5) is 31.9. The molecule has 0 fully saturated rings. The molecule has 28 heavy (non-hydrogen) atoms. The average molecular weight is 380 g/mol. The quantitative estimate of drug-likeness (QED) is 0.675. The van der Waals surface area contributed by atoms with Gasteiger partial charge >= 0.3 is 11.9 Å². The van der Waals surface area contributed by atoms with E-state index in [4.69, 9.17) is 0 Å². The molecule has 0 radical (unpaired) electrons. The maximum absolute atomic E-state index is 13.7. The molecule has 0 spiro atoms. The van der Waals surface area contributed by atoms with E-state index in [2.05, 4.69) is 9.97 Å². The van der Waals surface area contributed by atoms with E-state index in [-0.39, 0.29) is 25.7 Å². The van der Waals surface area contributed by atoms with Crippen molar-refractivity contribution in [2.45, 2.75) is 31.1 Å². The van der Waals surface area contributed by atoms with Gasteiger partial charge < -0.3 is 10.2 Å². The first-order valence-electron chi connectivity index (χ1n) is 8.92. The molecule has 1 aromatic heterocycles. The van der Waals surface area contributed by atoms with Crippen LogP contribution in [0.4, 0.5) is 4.39 Å². The van der Waals surface area contributed by atoms with E-state index in [9.17, 15) is 24.2 Å². The van der Waals surface area contributed by atoms with Gasteiger partial charge in [0.2, 0.25) is 0 Å². The smallest absolute Gasteiger partial charge is 0.303 e. The van der Waals surface area contributed by atoms with Gasteiger partial charge in [0.15, 0.2) is 0 Å². The van der Waals surface area contributed by atoms with Gasteiger partial charge in [-0.2, -0.15) is 0 Å². The maximum Gasteiger partial charge on any atom is 0.303 e. The summed E-state index contributed by atoms with van der Waals surface area (Å²) in [5.74, 6) is -2.39. The van der Waals surface area contributed by atoms with Crippen molar-refractivity contribution in [2.75, 3.05) is 0 Å². The molecule has 2 aromatic carbocycles. The van der Waals surface area contributed by atoms with Crippen molar-refractivity contribution in [3.05, 3.63) is 59.5 Å². The number of hydrogen-bond donors (Lipinski definition) is 2. The number of carboxylic acid groups (broad SMARTS) is 2. The first-order chi connectivity index (χ1) is 13.4. The lowest BCUT2D eigenvalue weighted by atomic mass is 9.73. The number of halogens is 1. The van der Waals surface area contributed by atoms with Crippen LogP contribution < -0.4 is 0 Å². The summed E-state index contributed by atoms with van der Waals surface area (Å²) in [6.45, 7) is 0. The Morgan fingerprint density at radius 1 is 0.929 bits per heavy atom. The average Bonchev–Trinajstić information content (AvgIpc) is 2.93. The van der Waals surface area contributed by atoms with Crippen molar-refractivity contribution in [1.29, 1.82) is 0 Å². The lowest BCUT2D eigenvalue weighted by Crippen LogP contribution is -2.28. The number of benzene rings is 2. The molecule has 0 amide bonds. The van der Waals surface area contributed by atoms with Crippen molar-refractivity contribution >= 4 is 23.0 Å². The SMILES string of the molecule is O=C(O)CCC1(CCC(=O)O)c2ccccc2-c2nc3ccc(F)cc3nc21. The highest BCUT2D eigenvalue weighted by Crippen LogP contribution is 2.52. The number of fused-ring (bicyclic) bond motifs is 4. The van der Waals surface area contributed by atoms with E-state index in [0.717, 1.165) is 11.1 Å². The van der Waals surface area contributed by atoms with E-state index in [0.29, 0.717) is 22.4 Å². The van der Waals surface area contributed by atoms with Crippen molar-refractivity contribution in [2.24, 2.45) is 0 Å². The number of nitrogens with zero attached hydrogens (tertiary/aromatic N) is 2. The van der Waals surface area contributed by atoms with Gasteiger partial charge in [-0.3, -0.25) is 9.59 Å². The van der Waals surface area contributed by atoms with Crippen molar-refractivity contribution in [3.8, 4) is 11.3 Å². The summed E-state index contributed by atoms with van der Waals surface area (Å²) in [5, 5.41) is 18.5. The zero-order valence-corrected chi connectivity index (χ0v) is 14.9. The van der Waals surface area contributed by atoms with Crippen LogP contribution in [0.3, 0.4) is 0 Å². The highest BCUT2D eigenvalue weighted by atomic mass is 19.1. The minimum atomic E-state index is -0.972. The minimum Gasteiger partial charge on any atom is -0.481 e. The molecule has 142 valence electrons. The largest absolute Gasteiger partial charge is 0.481 e. The first-order valence-corrected chi connectivity index (χ1v) is 8.92. The fourth-order valence-corrected chi connectivity index (χ4v) is 4.06. The van der Waals surface area contributed by atoms with Gasteiger partial charge in [0, 0.05) is 29.9 Å². The zero-order valence-electron chi connectivity index (χ0n) is 14.9. The lowest BCUT2D eigenvalue weighted by Gasteiger charge is -2.30. The van der Waals surface area contributed by atoms with Crippen LogP contribution in [-0.2, 0) is 15.0 Å². The van der Waals surface area contributed by atoms with Gasteiger partial charge in [0.25, 0.3) is 0 Å². The Morgan fingerprint density at radius 2 is 1.61 bits per heavy atom. The third-order valence-electron chi connectivity index (χ3n) is 5.31. The van der Waals surface area contributed by atoms with Crippen LogP contribution in [0.5, 0.6) is 0 Å². The molecule has 4 rings (SSSR count). The molecule has 2 N–H and O–H groups in total. The molecule has 7 heteroatoms. The zero-order chi connectivity index (χ0) is 19.9. The normalized spacial score (nSPS) is 13.9. The summed E-state index contributed by atoms with van der Waals surface area (Å²) in [6, 6.07) is 11.6. The van der Waals surface area contributed by atoms with Gasteiger partial charge in [0.05, 0.1) is 22.4 Å². The molecule has 0 saturated heterocycles. The third kappa shape index (κ3) is 2.89. The topological polar surface area (TPSA) is 100 Å². The second-order valence-electron chi connectivity index (χ2n) is 6.97. The predicted octanol–water partition coefficient (Wildman–Crippen LogP) is 3.77. The van der Waals surface area contributed by atoms with E-state index >= 15 is 0 Å². The van der Waals surface area contributed by atoms with Crippen molar-refractivity contribution in [3.63, 3.8) is 0 Å². The Morgan fingerprint density at radius 3 is 2.29 bits per heavy atom. The second-order valence-corrected chi connectivity index (χ2v) is 6.97. The standard InChI is InChI=1S/C21H17FN2O4/c22-12-5-6-15-16(11-12)24-20-19(23-15)13-3-1-2-4-14(13)21(20,9-7-17(25)26)10-8-18(27)28/h1-6,11H,7-10H2,(H,25,26)(H,27,28). The molecule has 0 aliphatic heterocycles. The Bertz CT molecular complexity index is 1090. The number of rotatable bonds is 6. The van der Waals surface area contributed by atoms with E-state index in [1.54, 1.807) is 6.07 Å². The molecular weight excluding hydrogens is 363 g/mol. The van der Waals surface area contributed by atoms with Crippen LogP contribution in [0.15, 0.2) is 42.5 Å². The van der Waals surface area contributed by atoms with Crippen LogP contribution in [0.1, 0.15) is 36.9 Å². The van der Waals surface area contributed by atoms with E-state index in [1.807, 2.05) is 24.3 Å². The predicted molar refractivity (Wildman–Crippen MR) is 99.5 cm³/mol. The Hall–Kier alpha value is -3.35. The van der Waals surface area contributed by atoms with Crippen LogP contribution >= 0.6 is 0 Å². The summed E-state index contributed by atoms with van der Waals surface area (Å²) >= 11 is 0. The van der Waals surface area contributed by atoms with Crippen molar-refractivity contribution in [1.82, 2.24) is 9.97 Å². The minimum absolute atomic E-state index is 0.143. The van der Waals surface area contributed by atoms with Gasteiger partial charge in [-0.15, -0.1) is 0 Å². The van der Waals surface area contributed by atoms with Gasteiger partial charge in [-0.25, -0.2) is 14.4 Å². The number of hydrogen-bond acceptors (Lipinski definition) is 4. The van der Waals surface area contributed by atoms with E-state index in [1.165, 1.54) is 12.1 Å². The monoisotopic (exact) mass is 380 g/mol. The maximum atomic E-state index is 13.7. The van der Waals surface area contributed by atoms with Crippen LogP contribution in [-0.4, -0.2) is 32.1 Å². The van der Waals surface area contributed by atoms with Gasteiger partial charge in [-0.1, -0.05) is 24.3 Å². The number of carboxylic acids is 2. The summed E-state index contributed by atoms with van der Waals surface area (Å²) in [7, 11) is 0. The van der Waals surface area contributed by atoms with Gasteiger partial charge in [-0.05, 0) is 30.5 Å². The third-order valence-corrected chi connectivity index (χ3v) is 5.31. The molecule has 0 saturated carbocycles. The van der Waals surface area contributed by atoms with Gasteiger partial charge in [0.1, 0.15) is 5.82 Å². The molecule has 1 aliphatic rings. The summed E-state index contributed by atoms with van der Waals surface area (Å²) in [5.41, 5.74) is 2.76. The molecule has 1 heterocycles. The van der Waals surface area contributed by atoms with Crippen LogP contribution in [0.25, 0.3) is 22.3 Å². The van der Waals surface area contributed by atoms with Crippen LogP contribution in [0, 0.1) is 5.82 Å². The summed E-state index contributed by atoms with van der Waals surface area (Å²) in [6.07, 6.45) is 0.0940. The Labute approximate surface area is 159 Å². The molecule has 0 unspecified atom stereocenters. The molecular formula is C21H17FN2O4. The Balaban J connectivity index is 1.98. The molecule has 0 atom stereocenters. The molecule has 0 bridgehead atoms. The molecule has 3 aromatic rings.